The Kier molecular flexibility index (Phi) is 2.64. The predicted octanol–water partition coefficient (Wildman–Crippen LogP) is 3.98. The molecule has 0 aliphatic carbocycles. The summed E-state index contributed by atoms with van der Waals surface area (Å²) in [6.45, 7) is 1.98. The van der Waals surface area contributed by atoms with Crippen molar-refractivity contribution in [3.05, 3.63) is 47.3 Å². The Morgan fingerprint density at radius 2 is 2.06 bits per heavy atom. The molecule has 0 saturated carbocycles. The van der Waals surface area contributed by atoms with Crippen LogP contribution < -0.4 is 10.5 Å². The van der Waals surface area contributed by atoms with E-state index in [9.17, 15) is 0 Å². The van der Waals surface area contributed by atoms with Gasteiger partial charge in [-0.05, 0) is 54.4 Å². The number of nitrogens with two attached hydrogens (primary N) is 1. The number of rotatable bonds is 2. The second kappa shape index (κ2) is 4.31. The minimum Gasteiger partial charge on any atom is -0.457 e. The van der Waals surface area contributed by atoms with Gasteiger partial charge in [-0.15, -0.1) is 0 Å². The van der Waals surface area contributed by atoms with Gasteiger partial charge in [0.2, 0.25) is 0 Å². The van der Waals surface area contributed by atoms with Gasteiger partial charge in [-0.3, -0.25) is 0 Å². The molecule has 3 nitrogen and oxygen atoms in total. The number of ether oxygens (including phenoxy) is 1. The molecule has 1 heterocycles. The molecule has 18 heavy (non-hydrogen) atoms. The summed E-state index contributed by atoms with van der Waals surface area (Å²) >= 11 is 1.45. The number of aromatic nitrogens is 1. The van der Waals surface area contributed by atoms with Crippen LogP contribution in [0.15, 0.2) is 41.8 Å². The van der Waals surface area contributed by atoms with Crippen molar-refractivity contribution in [2.75, 3.05) is 5.73 Å². The van der Waals surface area contributed by atoms with Crippen molar-refractivity contribution in [2.24, 2.45) is 0 Å². The van der Waals surface area contributed by atoms with Crippen LogP contribution in [0.1, 0.15) is 5.56 Å². The van der Waals surface area contributed by atoms with Crippen LogP contribution in [0.2, 0.25) is 0 Å². The number of aryl methyl sites for hydroxylation is 1. The standard InChI is InChI=1S/C14H12N2OS/c1-9-6-11(15)3-5-14(9)17-12-4-2-10-8-18-16-13(10)7-12/h2-8H,15H2,1H3. The number of anilines is 1. The van der Waals surface area contributed by atoms with Gasteiger partial charge in [0, 0.05) is 22.5 Å². The zero-order valence-electron chi connectivity index (χ0n) is 9.88. The average Bonchev–Trinajstić information content (AvgIpc) is 2.80. The molecule has 0 unspecified atom stereocenters. The molecule has 0 aliphatic rings. The Labute approximate surface area is 109 Å². The Morgan fingerprint density at radius 3 is 2.89 bits per heavy atom. The van der Waals surface area contributed by atoms with Gasteiger partial charge >= 0.3 is 0 Å². The maximum atomic E-state index is 5.85. The van der Waals surface area contributed by atoms with Crippen LogP contribution in [0, 0.1) is 6.92 Å². The van der Waals surface area contributed by atoms with E-state index in [2.05, 4.69) is 4.37 Å². The Bertz CT molecular complexity index is 706. The van der Waals surface area contributed by atoms with Gasteiger partial charge in [-0.25, -0.2) is 0 Å². The van der Waals surface area contributed by atoms with Crippen molar-refractivity contribution in [1.29, 1.82) is 0 Å². The molecule has 0 aliphatic heterocycles. The quantitative estimate of drug-likeness (QED) is 0.705. The molecule has 4 heteroatoms. The molecule has 0 fully saturated rings. The third-order valence-corrected chi connectivity index (χ3v) is 3.42. The topological polar surface area (TPSA) is 48.1 Å². The van der Waals surface area contributed by atoms with E-state index in [1.807, 2.05) is 48.7 Å². The minimum absolute atomic E-state index is 0.745. The van der Waals surface area contributed by atoms with E-state index >= 15 is 0 Å². The molecular formula is C14H12N2OS. The van der Waals surface area contributed by atoms with Crippen LogP contribution in [0.4, 0.5) is 5.69 Å². The second-order valence-electron chi connectivity index (χ2n) is 4.16. The van der Waals surface area contributed by atoms with E-state index in [0.717, 1.165) is 33.7 Å². The van der Waals surface area contributed by atoms with E-state index in [4.69, 9.17) is 10.5 Å². The van der Waals surface area contributed by atoms with Crippen molar-refractivity contribution < 1.29 is 4.74 Å². The summed E-state index contributed by atoms with van der Waals surface area (Å²) in [5, 5.41) is 3.16. The van der Waals surface area contributed by atoms with Crippen LogP contribution in [0.5, 0.6) is 11.5 Å². The van der Waals surface area contributed by atoms with Crippen molar-refractivity contribution >= 4 is 28.1 Å². The van der Waals surface area contributed by atoms with Crippen molar-refractivity contribution in [1.82, 2.24) is 4.37 Å². The first-order valence-electron chi connectivity index (χ1n) is 5.60. The maximum absolute atomic E-state index is 5.85. The van der Waals surface area contributed by atoms with E-state index in [1.165, 1.54) is 11.5 Å². The lowest BCUT2D eigenvalue weighted by atomic mass is 10.2. The Hall–Kier alpha value is -2.07. The first kappa shape index (κ1) is 11.0. The molecule has 0 saturated heterocycles. The van der Waals surface area contributed by atoms with Gasteiger partial charge in [0.25, 0.3) is 0 Å². The molecule has 2 aromatic carbocycles. The fraction of sp³-hybridized carbons (Fsp3) is 0.0714. The van der Waals surface area contributed by atoms with Crippen LogP contribution >= 0.6 is 11.5 Å². The van der Waals surface area contributed by atoms with Crippen LogP contribution in [0.25, 0.3) is 10.9 Å². The number of hydrogen-bond acceptors (Lipinski definition) is 4. The van der Waals surface area contributed by atoms with Crippen LogP contribution in [-0.2, 0) is 0 Å². The van der Waals surface area contributed by atoms with E-state index in [1.54, 1.807) is 0 Å². The predicted molar refractivity (Wildman–Crippen MR) is 75.3 cm³/mol. The Balaban J connectivity index is 1.95. The van der Waals surface area contributed by atoms with E-state index in [-0.39, 0.29) is 0 Å². The first-order valence-corrected chi connectivity index (χ1v) is 6.44. The monoisotopic (exact) mass is 256 g/mol. The fourth-order valence-corrected chi connectivity index (χ4v) is 2.46. The highest BCUT2D eigenvalue weighted by Crippen LogP contribution is 2.28. The summed E-state index contributed by atoms with van der Waals surface area (Å²) in [5.74, 6) is 1.61. The minimum atomic E-state index is 0.745. The third-order valence-electron chi connectivity index (χ3n) is 2.76. The van der Waals surface area contributed by atoms with E-state index in [0.29, 0.717) is 0 Å². The summed E-state index contributed by atoms with van der Waals surface area (Å²) in [5.41, 5.74) is 8.45. The zero-order valence-corrected chi connectivity index (χ0v) is 10.7. The molecule has 3 rings (SSSR count). The molecule has 2 N–H and O–H groups in total. The number of hydrogen-bond donors (Lipinski definition) is 1. The average molecular weight is 256 g/mol. The summed E-state index contributed by atoms with van der Waals surface area (Å²) < 4.78 is 10.1. The SMILES string of the molecule is Cc1cc(N)ccc1Oc1ccc2csnc2c1. The van der Waals surface area contributed by atoms with Crippen molar-refractivity contribution in [2.45, 2.75) is 6.92 Å². The number of fused-ring (bicyclic) bond motifs is 1. The Morgan fingerprint density at radius 1 is 1.17 bits per heavy atom. The lowest BCUT2D eigenvalue weighted by molar-refractivity contribution is 0.479. The lowest BCUT2D eigenvalue weighted by Crippen LogP contribution is -1.90. The molecule has 0 atom stereocenters. The highest BCUT2D eigenvalue weighted by molar-refractivity contribution is 7.04. The van der Waals surface area contributed by atoms with Crippen LogP contribution in [-0.4, -0.2) is 4.37 Å². The van der Waals surface area contributed by atoms with Gasteiger partial charge in [0.15, 0.2) is 0 Å². The lowest BCUT2D eigenvalue weighted by Gasteiger charge is -2.09. The van der Waals surface area contributed by atoms with Gasteiger partial charge < -0.3 is 10.5 Å². The molecule has 3 aromatic rings. The normalized spacial score (nSPS) is 10.7. The fourth-order valence-electron chi connectivity index (χ4n) is 1.82. The van der Waals surface area contributed by atoms with Crippen molar-refractivity contribution in [3.63, 3.8) is 0 Å². The molecule has 0 amide bonds. The largest absolute Gasteiger partial charge is 0.457 e. The van der Waals surface area contributed by atoms with Gasteiger partial charge in [-0.2, -0.15) is 4.37 Å². The van der Waals surface area contributed by atoms with Crippen molar-refractivity contribution in [3.8, 4) is 11.5 Å². The van der Waals surface area contributed by atoms with Gasteiger partial charge in [0.1, 0.15) is 11.5 Å². The number of benzene rings is 2. The van der Waals surface area contributed by atoms with Gasteiger partial charge in [0.05, 0.1) is 5.52 Å². The second-order valence-corrected chi connectivity index (χ2v) is 4.79. The number of nitrogen functional groups attached to an aromatic ring is 1. The summed E-state index contributed by atoms with van der Waals surface area (Å²) in [4.78, 5) is 0. The first-order chi connectivity index (χ1) is 8.72. The summed E-state index contributed by atoms with van der Waals surface area (Å²) in [6.07, 6.45) is 0. The molecule has 0 bridgehead atoms. The zero-order chi connectivity index (χ0) is 12.5. The molecule has 1 aromatic heterocycles. The number of nitrogens with zero attached hydrogens (tertiary/aromatic N) is 1. The summed E-state index contributed by atoms with van der Waals surface area (Å²) in [6, 6.07) is 11.5. The highest BCUT2D eigenvalue weighted by atomic mass is 32.1. The molecule has 0 spiro atoms. The van der Waals surface area contributed by atoms with E-state index < -0.39 is 0 Å². The molecular weight excluding hydrogens is 244 g/mol. The third kappa shape index (κ3) is 2.02. The smallest absolute Gasteiger partial charge is 0.130 e. The molecule has 90 valence electrons. The summed E-state index contributed by atoms with van der Waals surface area (Å²) in [7, 11) is 0. The van der Waals surface area contributed by atoms with Crippen LogP contribution in [0.3, 0.4) is 0 Å². The highest BCUT2D eigenvalue weighted by Gasteiger charge is 2.04. The molecule has 0 radical (unpaired) electrons. The maximum Gasteiger partial charge on any atom is 0.130 e. The van der Waals surface area contributed by atoms with Gasteiger partial charge in [-0.1, -0.05) is 0 Å².